The number of nitrogens with two attached hydrogens (primary N) is 1. The van der Waals surface area contributed by atoms with E-state index in [9.17, 15) is 28.2 Å². The molecule has 0 aliphatic carbocycles. The highest BCUT2D eigenvalue weighted by Crippen LogP contribution is 2.48. The van der Waals surface area contributed by atoms with E-state index in [2.05, 4.69) is 9.98 Å². The minimum absolute atomic E-state index is 0.0269. The van der Waals surface area contributed by atoms with Gasteiger partial charge >= 0.3 is 12.6 Å². The van der Waals surface area contributed by atoms with Crippen LogP contribution in [0.4, 0.5) is 18.0 Å². The second-order valence-electron chi connectivity index (χ2n) is 9.41. The average Bonchev–Trinajstić information content (AvgIpc) is 3.64. The molecule has 40 heavy (non-hydrogen) atoms. The van der Waals surface area contributed by atoms with E-state index in [1.165, 1.54) is 34.4 Å². The summed E-state index contributed by atoms with van der Waals surface area (Å²) in [6.07, 6.45) is 2.02. The molecule has 2 fully saturated rings. The van der Waals surface area contributed by atoms with Gasteiger partial charge in [0, 0.05) is 51.8 Å². The van der Waals surface area contributed by atoms with E-state index in [-0.39, 0.29) is 36.8 Å². The molecule has 0 unspecified atom stereocenters. The van der Waals surface area contributed by atoms with Gasteiger partial charge < -0.3 is 25.6 Å². The maximum absolute atomic E-state index is 14.0. The molecule has 1 amide bonds. The highest BCUT2D eigenvalue weighted by Gasteiger charge is 2.56. The van der Waals surface area contributed by atoms with Crippen LogP contribution < -0.4 is 5.73 Å². The molecule has 3 aliphatic heterocycles. The van der Waals surface area contributed by atoms with Gasteiger partial charge in [0.2, 0.25) is 0 Å². The van der Waals surface area contributed by atoms with Crippen molar-refractivity contribution < 1.29 is 32.9 Å². The number of rotatable bonds is 8. The zero-order chi connectivity index (χ0) is 28.6. The van der Waals surface area contributed by atoms with Gasteiger partial charge in [-0.2, -0.15) is 8.78 Å². The zero-order valence-electron chi connectivity index (χ0n) is 20.8. The molecule has 0 bridgehead atoms. The third kappa shape index (κ3) is 5.19. The number of allylic oxidation sites excluding steroid dienone is 1. The van der Waals surface area contributed by atoms with Crippen LogP contribution in [-0.4, -0.2) is 87.6 Å². The number of thiazole rings is 1. The molecule has 0 radical (unpaired) electrons. The Bertz CT molecular complexity index is 1420. The Morgan fingerprint density at radius 2 is 2.23 bits per heavy atom. The third-order valence-corrected chi connectivity index (χ3v) is 7.97. The summed E-state index contributed by atoms with van der Waals surface area (Å²) in [7, 11) is 0. The highest BCUT2D eigenvalue weighted by atomic mass is 35.5. The molecule has 2 aromatic rings. The Balaban J connectivity index is 1.70. The fraction of sp³-hybridized carbons (Fsp3) is 0.360. The first kappa shape index (κ1) is 28.1. The van der Waals surface area contributed by atoms with E-state index in [1.54, 1.807) is 11.6 Å². The lowest BCUT2D eigenvalue weighted by Crippen LogP contribution is -2.52. The lowest BCUT2D eigenvalue weighted by Gasteiger charge is -2.34. The van der Waals surface area contributed by atoms with Crippen LogP contribution >= 0.6 is 22.9 Å². The zero-order valence-corrected chi connectivity index (χ0v) is 22.3. The molecule has 5 rings (SSSR count). The number of aliphatic hydroxyl groups excluding tert-OH is 2. The molecular weight excluding hydrogens is 573 g/mol. The number of carbonyl (C=O) groups is 1. The Labute approximate surface area is 235 Å². The van der Waals surface area contributed by atoms with Crippen LogP contribution in [0.5, 0.6) is 0 Å². The van der Waals surface area contributed by atoms with E-state index >= 15 is 0 Å². The fourth-order valence-corrected chi connectivity index (χ4v) is 6.04. The second-order valence-corrected chi connectivity index (χ2v) is 10.7. The number of halogens is 4. The quantitative estimate of drug-likeness (QED) is 0.315. The van der Waals surface area contributed by atoms with Crippen molar-refractivity contribution in [2.75, 3.05) is 26.3 Å². The van der Waals surface area contributed by atoms with Crippen LogP contribution in [0.1, 0.15) is 23.0 Å². The number of ether oxygens (including phenoxy) is 1. The summed E-state index contributed by atoms with van der Waals surface area (Å²) < 4.78 is 44.8. The number of alkyl halides is 2. The van der Waals surface area contributed by atoms with Gasteiger partial charge in [0.25, 0.3) is 0 Å². The lowest BCUT2D eigenvalue weighted by molar-refractivity contribution is 0.0484. The lowest BCUT2D eigenvalue weighted by atomic mass is 9.89. The molecule has 3 atom stereocenters. The van der Waals surface area contributed by atoms with Crippen molar-refractivity contribution in [3.63, 3.8) is 0 Å². The van der Waals surface area contributed by atoms with Crippen molar-refractivity contribution >= 4 is 41.1 Å². The standard InChI is InChI=1S/C25H24ClF3N6O4S/c26-16-7-13(27)1-2-15(16)20-19(17(30)3-4-32-23(28)29)18-8-25(12-39-24(38)35(25)9-14(37)10-36)11-34(18)21(33-20)22-31-5-6-40-22/h1-7,14,20,23,36-37H,8-12,30H2/t14-,20-,25+/m0/s1. The summed E-state index contributed by atoms with van der Waals surface area (Å²) >= 11 is 7.78. The number of benzene rings is 1. The van der Waals surface area contributed by atoms with Gasteiger partial charge in [0.15, 0.2) is 10.8 Å². The molecule has 2 saturated heterocycles. The second kappa shape index (κ2) is 11.2. The predicted octanol–water partition coefficient (Wildman–Crippen LogP) is 3.08. The minimum Gasteiger partial charge on any atom is -0.447 e. The van der Waals surface area contributed by atoms with Crippen LogP contribution in [0.25, 0.3) is 0 Å². The maximum atomic E-state index is 14.0. The van der Waals surface area contributed by atoms with E-state index < -0.39 is 42.8 Å². The number of β-amino-alcohol motifs (C(OH)–C–C–N with tert-alkyl or cyclic N) is 1. The summed E-state index contributed by atoms with van der Waals surface area (Å²) in [6.45, 7) is -3.54. The van der Waals surface area contributed by atoms with Gasteiger partial charge in [-0.25, -0.2) is 19.2 Å². The summed E-state index contributed by atoms with van der Waals surface area (Å²) in [5, 5.41) is 22.0. The number of cyclic esters (lactones) is 1. The average molecular weight is 597 g/mol. The van der Waals surface area contributed by atoms with Crippen LogP contribution in [0.2, 0.25) is 5.02 Å². The van der Waals surface area contributed by atoms with Crippen molar-refractivity contribution in [1.29, 1.82) is 0 Å². The Kier molecular flexibility index (Phi) is 7.86. The summed E-state index contributed by atoms with van der Waals surface area (Å²) in [5.41, 5.74) is 6.94. The number of fused-ring (bicyclic) bond motifs is 1. The molecule has 1 aromatic heterocycles. The number of hydrogen-bond donors (Lipinski definition) is 3. The number of carbonyl (C=O) groups excluding carboxylic acids is 1. The number of aliphatic imine (C=N–C) groups is 2. The molecule has 10 nitrogen and oxygen atoms in total. The summed E-state index contributed by atoms with van der Waals surface area (Å²) in [4.78, 5) is 28.3. The van der Waals surface area contributed by atoms with E-state index in [0.717, 1.165) is 12.3 Å². The minimum atomic E-state index is -2.94. The van der Waals surface area contributed by atoms with Gasteiger partial charge in [0.1, 0.15) is 24.0 Å². The number of nitrogens with zero attached hydrogens (tertiary/aromatic N) is 5. The molecule has 4 N–H and O–H groups in total. The highest BCUT2D eigenvalue weighted by molar-refractivity contribution is 7.11. The van der Waals surface area contributed by atoms with Gasteiger partial charge in [-0.3, -0.25) is 9.89 Å². The molecule has 1 spiro atoms. The Morgan fingerprint density at radius 3 is 2.90 bits per heavy atom. The molecule has 3 aliphatic rings. The molecule has 212 valence electrons. The van der Waals surface area contributed by atoms with E-state index in [0.29, 0.717) is 27.7 Å². The van der Waals surface area contributed by atoms with Crippen molar-refractivity contribution in [3.8, 4) is 0 Å². The number of hydrogen-bond acceptors (Lipinski definition) is 10. The van der Waals surface area contributed by atoms with Gasteiger partial charge in [-0.15, -0.1) is 11.3 Å². The van der Waals surface area contributed by atoms with E-state index in [4.69, 9.17) is 27.1 Å². The largest absolute Gasteiger partial charge is 0.447 e. The molecular formula is C25H24ClF3N6O4S. The normalized spacial score (nSPS) is 24.0. The van der Waals surface area contributed by atoms with Crippen LogP contribution in [0, 0.1) is 5.82 Å². The Hall–Kier alpha value is -3.46. The van der Waals surface area contributed by atoms with Crippen LogP contribution in [-0.2, 0) is 4.74 Å². The summed E-state index contributed by atoms with van der Waals surface area (Å²) in [6, 6.07) is 2.95. The fourth-order valence-electron chi connectivity index (χ4n) is 5.13. The first-order chi connectivity index (χ1) is 19.1. The molecule has 4 heterocycles. The van der Waals surface area contributed by atoms with Crippen LogP contribution in [0.3, 0.4) is 0 Å². The molecule has 0 saturated carbocycles. The SMILES string of the molecule is NC(=CC=NC(F)F)C1=C2C[C@]3(COC(=O)N3C[C@H](O)CO)CN2C(c2nccs2)=N[C@H]1c1ccc(F)cc1Cl. The number of amides is 1. The van der Waals surface area contributed by atoms with Crippen molar-refractivity contribution in [1.82, 2.24) is 14.8 Å². The molecule has 15 heteroatoms. The predicted molar refractivity (Wildman–Crippen MR) is 142 cm³/mol. The third-order valence-electron chi connectivity index (χ3n) is 6.87. The number of aliphatic hydroxyl groups is 2. The monoisotopic (exact) mass is 596 g/mol. The van der Waals surface area contributed by atoms with E-state index in [1.807, 2.05) is 4.90 Å². The Morgan fingerprint density at radius 1 is 1.43 bits per heavy atom. The summed E-state index contributed by atoms with van der Waals surface area (Å²) in [5.74, 6) is -0.122. The van der Waals surface area contributed by atoms with Gasteiger partial charge in [-0.1, -0.05) is 17.7 Å². The molecule has 1 aromatic carbocycles. The first-order valence-electron chi connectivity index (χ1n) is 12.1. The van der Waals surface area contributed by atoms with Gasteiger partial charge in [-0.05, 0) is 18.2 Å². The smallest absolute Gasteiger partial charge is 0.410 e. The number of amidine groups is 1. The van der Waals surface area contributed by atoms with Gasteiger partial charge in [0.05, 0.1) is 25.8 Å². The number of aromatic nitrogens is 1. The van der Waals surface area contributed by atoms with Crippen molar-refractivity contribution in [2.24, 2.45) is 15.7 Å². The van der Waals surface area contributed by atoms with Crippen LogP contribution in [0.15, 0.2) is 62.8 Å². The van der Waals surface area contributed by atoms with Crippen molar-refractivity contribution in [2.45, 2.75) is 30.7 Å². The van der Waals surface area contributed by atoms with Crippen molar-refractivity contribution in [3.05, 3.63) is 74.2 Å². The first-order valence-corrected chi connectivity index (χ1v) is 13.3. The topological polar surface area (TPSA) is 137 Å². The maximum Gasteiger partial charge on any atom is 0.410 e.